The predicted octanol–water partition coefficient (Wildman–Crippen LogP) is 26.5. The zero-order valence-corrected chi connectivity index (χ0v) is 67.6. The minimum atomic E-state index is -0.247. The Morgan fingerprint density at radius 2 is 0.250 bits per heavy atom. The van der Waals surface area contributed by atoms with Crippen LogP contribution in [0, 0.1) is 0 Å². The highest BCUT2D eigenvalue weighted by atomic mass is 15.0. The van der Waals surface area contributed by atoms with E-state index in [-0.39, 0.29) is 32.5 Å². The van der Waals surface area contributed by atoms with Crippen molar-refractivity contribution < 1.29 is 0 Å². The number of fused-ring (bicyclic) bond motifs is 12. The fourth-order valence-electron chi connectivity index (χ4n) is 14.6. The van der Waals surface area contributed by atoms with E-state index in [9.17, 15) is 0 Å². The van der Waals surface area contributed by atoms with Gasteiger partial charge in [-0.3, -0.25) is 0 Å². The van der Waals surface area contributed by atoms with Gasteiger partial charge in [-0.15, -0.1) is 0 Å². The third-order valence-electron chi connectivity index (χ3n) is 21.5. The smallest absolute Gasteiger partial charge is 0.0481 e. The highest BCUT2D eigenvalue weighted by Gasteiger charge is 2.24. The predicted molar refractivity (Wildman–Crippen MR) is 464 cm³/mol. The molecule has 0 radical (unpaired) electrons. The maximum absolute atomic E-state index is 2.62. The number of nitrogens with zero attached hydrogens (tertiary/aromatic N) is 6. The first kappa shape index (κ1) is 75.7. The van der Waals surface area contributed by atoms with Crippen LogP contribution < -0.4 is 0 Å². The van der Waals surface area contributed by atoms with Crippen molar-refractivity contribution in [1.29, 1.82) is 0 Å². The van der Waals surface area contributed by atoms with Gasteiger partial charge in [-0.25, -0.2) is 0 Å². The van der Waals surface area contributed by atoms with E-state index in [1.165, 1.54) is 66.8 Å². The lowest BCUT2D eigenvalue weighted by Crippen LogP contribution is -2.15. The van der Waals surface area contributed by atoms with Gasteiger partial charge in [-0.05, 0) is 208 Å². The molecule has 0 amide bonds. The van der Waals surface area contributed by atoms with E-state index in [2.05, 4.69) is 443 Å². The van der Waals surface area contributed by atoms with Crippen LogP contribution in [0.25, 0.3) is 66.2 Å². The fourth-order valence-corrected chi connectivity index (χ4v) is 14.6. The van der Waals surface area contributed by atoms with Gasteiger partial charge in [-0.1, -0.05) is 307 Å². The molecule has 6 heteroatoms. The van der Waals surface area contributed by atoms with E-state index in [1.54, 1.807) is 0 Å². The molecule has 0 N–H and O–H groups in total. The molecule has 0 saturated carbocycles. The van der Waals surface area contributed by atoms with E-state index in [0.29, 0.717) is 39.3 Å². The topological polar surface area (TPSA) is 29.6 Å². The molecule has 1 aromatic heterocycles. The first-order chi connectivity index (χ1) is 51.2. The van der Waals surface area contributed by atoms with Crippen LogP contribution in [0.5, 0.6) is 0 Å². The van der Waals surface area contributed by atoms with Crippen molar-refractivity contribution in [2.24, 2.45) is 0 Å². The van der Waals surface area contributed by atoms with Gasteiger partial charge in [0.15, 0.2) is 0 Å². The van der Waals surface area contributed by atoms with Crippen molar-refractivity contribution in [2.45, 2.75) is 196 Å². The Morgan fingerprint density at radius 3 is 0.343 bits per heavy atom. The second-order valence-electron chi connectivity index (χ2n) is 36.4. The normalized spacial score (nSPS) is 12.4. The summed E-state index contributed by atoms with van der Waals surface area (Å²) in [4.78, 5) is 0. The minimum absolute atomic E-state index is 0.247. The molecule has 12 aromatic carbocycles. The van der Waals surface area contributed by atoms with Crippen LogP contribution in [0.15, 0.2) is 291 Å². The molecule has 0 unspecified atom stereocenters. The molecule has 0 spiro atoms. The quantitative estimate of drug-likeness (QED) is 0.117. The van der Waals surface area contributed by atoms with Crippen LogP contribution in [-0.4, -0.2) is 27.4 Å². The molecule has 0 aliphatic carbocycles. The molecular weight excluding hydrogens is 1310 g/mol. The number of benzene rings is 12. The second kappa shape index (κ2) is 30.6. The molecule has 0 fully saturated rings. The molecule has 0 aliphatic heterocycles. The summed E-state index contributed by atoms with van der Waals surface area (Å²) in [6.07, 6.45) is 0. The van der Waals surface area contributed by atoms with Gasteiger partial charge in [-0.2, -0.15) is 0 Å². The molecule has 552 valence electrons. The summed E-state index contributed by atoms with van der Waals surface area (Å²) in [5.74, 6) is 0. The largest absolute Gasteiger partial charge is 0.337 e. The van der Waals surface area contributed by atoms with E-state index >= 15 is 0 Å². The molecule has 0 atom stereocenters. The van der Waals surface area contributed by atoms with Crippen molar-refractivity contribution in [3.63, 3.8) is 0 Å². The Morgan fingerprint density at radius 1 is 0.148 bits per heavy atom. The maximum Gasteiger partial charge on any atom is 0.0481 e. The molecule has 1 heterocycles. The van der Waals surface area contributed by atoms with Crippen LogP contribution in [0.1, 0.15) is 191 Å². The van der Waals surface area contributed by atoms with E-state index in [1.807, 2.05) is 0 Å². The maximum atomic E-state index is 2.62. The summed E-state index contributed by atoms with van der Waals surface area (Å²) in [6, 6.07) is 111. The Balaban J connectivity index is 1.39. The average molecular weight is 1420 g/mol. The van der Waals surface area contributed by atoms with Crippen LogP contribution in [0.2, 0.25) is 0 Å². The first-order valence-electron chi connectivity index (χ1n) is 39.1. The Bertz CT molecular complexity index is 4610. The van der Waals surface area contributed by atoms with Crippen LogP contribution >= 0.6 is 0 Å². The third kappa shape index (κ3) is 18.0. The van der Waals surface area contributed by atoms with Gasteiger partial charge in [0.1, 0.15) is 0 Å². The molecule has 6 nitrogen and oxygen atoms in total. The SMILES string of the molecule is CC(C)(C)c1cc2cc(c1)n(Cc1ccccc1)c1cc(C(C)(C)C)cc(c1)n(Cc1ccccc1)c1cc(C(C)(C)C)cc(c1)n(Cc1ccccc1)c1cc(C(C)(C)C)cc(c1)n(Cc1ccccc1)c1cc(C(C)(C)C)cc(c1)n(Cc1ccccc1)c1cc(C(C)(C)C)cc(c1)n2Cc1ccccc1. The average Bonchev–Trinajstić information content (AvgIpc) is 0.766. The van der Waals surface area contributed by atoms with Gasteiger partial charge in [0, 0.05) is 105 Å². The number of aromatic nitrogens is 6. The highest BCUT2D eigenvalue weighted by Crippen LogP contribution is 2.37. The lowest BCUT2D eigenvalue weighted by atomic mass is 9.86. The zero-order valence-electron chi connectivity index (χ0n) is 67.6. The molecular formula is C102H114N6. The van der Waals surface area contributed by atoms with Crippen molar-refractivity contribution >= 4 is 66.2 Å². The minimum Gasteiger partial charge on any atom is -0.337 e. The van der Waals surface area contributed by atoms with Gasteiger partial charge < -0.3 is 27.4 Å². The lowest BCUT2D eigenvalue weighted by Gasteiger charge is -2.25. The lowest BCUT2D eigenvalue weighted by molar-refractivity contribution is 0.589. The summed E-state index contributed by atoms with van der Waals surface area (Å²) >= 11 is 0. The molecule has 0 saturated heterocycles. The Labute approximate surface area is 644 Å². The molecule has 13 aromatic rings. The van der Waals surface area contributed by atoms with E-state index in [0.717, 1.165) is 66.2 Å². The summed E-state index contributed by atoms with van der Waals surface area (Å²) in [5.41, 5.74) is 26.8. The van der Waals surface area contributed by atoms with E-state index in [4.69, 9.17) is 0 Å². The van der Waals surface area contributed by atoms with Crippen LogP contribution in [0.4, 0.5) is 0 Å². The van der Waals surface area contributed by atoms with Gasteiger partial charge in [0.25, 0.3) is 0 Å². The number of hydrogen-bond acceptors (Lipinski definition) is 0. The third-order valence-corrected chi connectivity index (χ3v) is 21.5. The second-order valence-corrected chi connectivity index (χ2v) is 36.4. The molecule has 13 rings (SSSR count). The fraction of sp³-hybridized carbons (Fsp3) is 0.294. The number of rotatable bonds is 12. The van der Waals surface area contributed by atoms with Crippen LogP contribution in [0.3, 0.4) is 0 Å². The van der Waals surface area contributed by atoms with Crippen molar-refractivity contribution in [2.75, 3.05) is 0 Å². The van der Waals surface area contributed by atoms with Gasteiger partial charge in [0.05, 0.1) is 0 Å². The van der Waals surface area contributed by atoms with E-state index < -0.39 is 0 Å². The van der Waals surface area contributed by atoms with Gasteiger partial charge in [0.2, 0.25) is 0 Å². The van der Waals surface area contributed by atoms with Crippen molar-refractivity contribution in [1.82, 2.24) is 27.4 Å². The van der Waals surface area contributed by atoms with Crippen molar-refractivity contribution in [3.8, 4) is 0 Å². The first-order valence-corrected chi connectivity index (χ1v) is 39.1. The number of hydrogen-bond donors (Lipinski definition) is 0. The Kier molecular flexibility index (Phi) is 21.4. The monoisotopic (exact) mass is 1420 g/mol. The molecule has 108 heavy (non-hydrogen) atoms. The summed E-state index contributed by atoms with van der Waals surface area (Å²) in [5, 5.41) is 0. The standard InChI is InChI=1S/C102H114N6/c1-97(2,3)79-49-85-61-86(50-79)104(68-74-39-27-20-28-40-74)88-52-81(99(7,8)9)54-90(63-88)106(70-76-43-31-22-32-44-76)92-56-83(101(13,14)15)58-94(65-92)108(72-78-47-35-24-36-48-78)96-60-84(102(16,17)18)59-95(66-96)107(71-77-45-33-23-34-46-77)93-57-82(100(10,11)12)55-91(64-93)105(69-75-41-29-21-30-42-75)89-53-80(98(4,5)6)51-87(62-89)103(85)67-73-37-25-19-26-38-73/h19-66H,67-72H2,1-18H3. The Hall–Kier alpha value is -10.6. The molecule has 12 bridgehead atoms. The summed E-state index contributed by atoms with van der Waals surface area (Å²) in [6.45, 7) is 46.5. The zero-order chi connectivity index (χ0) is 76.5. The van der Waals surface area contributed by atoms with Crippen molar-refractivity contribution in [3.05, 3.63) is 358 Å². The van der Waals surface area contributed by atoms with Gasteiger partial charge >= 0.3 is 0 Å². The molecule has 0 aliphatic rings. The summed E-state index contributed by atoms with van der Waals surface area (Å²) in [7, 11) is 0. The summed E-state index contributed by atoms with van der Waals surface area (Å²) < 4.78 is 15.7. The highest BCUT2D eigenvalue weighted by molar-refractivity contribution is 5.79. The van der Waals surface area contributed by atoms with Crippen LogP contribution in [-0.2, 0) is 71.8 Å².